The molecule has 0 unspecified atom stereocenters. The van der Waals surface area contributed by atoms with Crippen LogP contribution in [0.5, 0.6) is 11.5 Å². The maximum absolute atomic E-state index is 13.4. The first kappa shape index (κ1) is 23.9. The average Bonchev–Trinajstić information content (AvgIpc) is 3.17. The van der Waals surface area contributed by atoms with Crippen molar-refractivity contribution < 1.29 is 23.8 Å². The van der Waals surface area contributed by atoms with Gasteiger partial charge in [0, 0.05) is 0 Å². The highest BCUT2D eigenvalue weighted by atomic mass is 32.2. The van der Waals surface area contributed by atoms with E-state index in [0.29, 0.717) is 41.0 Å². The Bertz CT molecular complexity index is 1150. The lowest BCUT2D eigenvalue weighted by Gasteiger charge is -2.33. The van der Waals surface area contributed by atoms with E-state index >= 15 is 0 Å². The molecule has 2 heterocycles. The molecule has 2 aromatic rings. The summed E-state index contributed by atoms with van der Waals surface area (Å²) >= 11 is 1.43. The minimum absolute atomic E-state index is 0.0649. The smallest absolute Gasteiger partial charge is 0.338 e. The molecular weight excluding hydrogens is 452 g/mol. The number of carbonyl (C=O) groups is 2. The van der Waals surface area contributed by atoms with Gasteiger partial charge < -0.3 is 14.2 Å². The number of hydrogen-bond donors (Lipinski definition) is 0. The number of aliphatic imine (C=N–C) groups is 1. The van der Waals surface area contributed by atoms with Crippen LogP contribution < -0.4 is 9.47 Å². The van der Waals surface area contributed by atoms with E-state index in [1.807, 2.05) is 56.3 Å². The number of methoxy groups -OCH3 is 1. The third-order valence-electron chi connectivity index (χ3n) is 5.76. The number of ether oxygens (including phenoxy) is 3. The van der Waals surface area contributed by atoms with Crippen molar-refractivity contribution in [3.05, 3.63) is 70.9 Å². The lowest BCUT2D eigenvalue weighted by Crippen LogP contribution is -2.40. The van der Waals surface area contributed by atoms with Gasteiger partial charge in [-0.1, -0.05) is 55.1 Å². The summed E-state index contributed by atoms with van der Waals surface area (Å²) in [7, 11) is 1.56. The van der Waals surface area contributed by atoms with Gasteiger partial charge in [0.2, 0.25) is 5.91 Å². The van der Waals surface area contributed by atoms with Gasteiger partial charge in [-0.25, -0.2) is 9.79 Å². The molecule has 2 aliphatic heterocycles. The molecule has 8 heteroatoms. The quantitative estimate of drug-likeness (QED) is 0.502. The summed E-state index contributed by atoms with van der Waals surface area (Å²) in [5.74, 6) is 0.565. The monoisotopic (exact) mass is 480 g/mol. The molecule has 2 aromatic carbocycles. The fraction of sp³-hybridized carbons (Fsp3) is 0.346. The van der Waals surface area contributed by atoms with Crippen LogP contribution >= 0.6 is 11.8 Å². The van der Waals surface area contributed by atoms with E-state index in [2.05, 4.69) is 4.99 Å². The maximum Gasteiger partial charge on any atom is 0.338 e. The third kappa shape index (κ3) is 4.55. The number of rotatable bonds is 8. The fourth-order valence-corrected chi connectivity index (χ4v) is 5.23. The minimum Gasteiger partial charge on any atom is -0.493 e. The fourth-order valence-electron chi connectivity index (χ4n) is 4.10. The summed E-state index contributed by atoms with van der Waals surface area (Å²) in [6.07, 6.45) is 0.672. The van der Waals surface area contributed by atoms with Crippen molar-refractivity contribution in [2.75, 3.05) is 13.7 Å². The number of amides is 1. The van der Waals surface area contributed by atoms with Crippen molar-refractivity contribution in [1.82, 2.24) is 4.90 Å². The number of carbonyl (C=O) groups excluding carboxylic acids is 2. The van der Waals surface area contributed by atoms with Gasteiger partial charge in [-0.15, -0.1) is 0 Å². The van der Waals surface area contributed by atoms with E-state index in [1.165, 1.54) is 11.8 Å². The van der Waals surface area contributed by atoms with Crippen LogP contribution in [-0.4, -0.2) is 40.9 Å². The molecule has 0 aromatic heterocycles. The van der Waals surface area contributed by atoms with Gasteiger partial charge in [0.15, 0.2) is 16.7 Å². The van der Waals surface area contributed by atoms with E-state index in [1.54, 1.807) is 25.0 Å². The molecule has 34 heavy (non-hydrogen) atoms. The first-order valence-electron chi connectivity index (χ1n) is 11.3. The standard InChI is InChI=1S/C26H28N2O5S/c1-5-21-24(29)28-23(18-12-13-19(32-6-2)20(14-18)31-4)22(16(3)27-26(28)34-21)25(30)33-15-17-10-8-7-9-11-17/h7-14,21,23H,5-6,15H2,1-4H3/t21-,23+/m0/s1. The van der Waals surface area contributed by atoms with Gasteiger partial charge in [0.1, 0.15) is 6.61 Å². The van der Waals surface area contributed by atoms with E-state index < -0.39 is 12.0 Å². The highest BCUT2D eigenvalue weighted by Gasteiger charge is 2.47. The predicted octanol–water partition coefficient (Wildman–Crippen LogP) is 4.88. The molecule has 0 radical (unpaired) electrons. The van der Waals surface area contributed by atoms with E-state index in [0.717, 1.165) is 11.1 Å². The topological polar surface area (TPSA) is 77.4 Å². The largest absolute Gasteiger partial charge is 0.493 e. The lowest BCUT2D eigenvalue weighted by molar-refractivity contribution is -0.141. The second-order valence-electron chi connectivity index (χ2n) is 7.92. The number of thioether (sulfide) groups is 1. The molecule has 2 atom stereocenters. The van der Waals surface area contributed by atoms with Crippen molar-refractivity contribution in [3.8, 4) is 11.5 Å². The van der Waals surface area contributed by atoms with Crippen molar-refractivity contribution in [2.45, 2.75) is 45.1 Å². The summed E-state index contributed by atoms with van der Waals surface area (Å²) in [6, 6.07) is 14.3. The van der Waals surface area contributed by atoms with E-state index in [9.17, 15) is 9.59 Å². The number of allylic oxidation sites excluding steroid dienone is 1. The van der Waals surface area contributed by atoms with Crippen molar-refractivity contribution in [3.63, 3.8) is 0 Å². The Morgan fingerprint density at radius 3 is 2.56 bits per heavy atom. The normalized spacial score (nSPS) is 19.6. The van der Waals surface area contributed by atoms with Crippen LogP contribution in [0.4, 0.5) is 0 Å². The molecule has 7 nitrogen and oxygen atoms in total. The number of esters is 1. The van der Waals surface area contributed by atoms with Gasteiger partial charge in [-0.05, 0) is 43.5 Å². The maximum atomic E-state index is 13.4. The third-order valence-corrected chi connectivity index (χ3v) is 7.08. The van der Waals surface area contributed by atoms with Crippen LogP contribution in [0.3, 0.4) is 0 Å². The Balaban J connectivity index is 1.74. The average molecular weight is 481 g/mol. The SMILES string of the molecule is CCOc1ccc([C@@H]2C(C(=O)OCc3ccccc3)=C(C)N=C3S[C@@H](CC)C(=O)N32)cc1OC. The molecule has 1 saturated heterocycles. The lowest BCUT2D eigenvalue weighted by atomic mass is 9.93. The molecular formula is C26H28N2O5S. The molecule has 2 aliphatic rings. The van der Waals surface area contributed by atoms with Crippen LogP contribution in [0, 0.1) is 0 Å². The number of nitrogens with zero attached hydrogens (tertiary/aromatic N) is 2. The molecule has 0 N–H and O–H groups in total. The Morgan fingerprint density at radius 2 is 1.88 bits per heavy atom. The van der Waals surface area contributed by atoms with Crippen LogP contribution in [0.25, 0.3) is 0 Å². The second-order valence-corrected chi connectivity index (χ2v) is 9.09. The number of fused-ring (bicyclic) bond motifs is 1. The first-order valence-corrected chi connectivity index (χ1v) is 12.2. The molecule has 178 valence electrons. The zero-order valence-electron chi connectivity index (χ0n) is 19.7. The highest BCUT2D eigenvalue weighted by molar-refractivity contribution is 8.15. The zero-order chi connectivity index (χ0) is 24.2. The van der Waals surface area contributed by atoms with Crippen molar-refractivity contribution >= 4 is 28.8 Å². The van der Waals surface area contributed by atoms with Gasteiger partial charge >= 0.3 is 5.97 Å². The Labute approximate surface area is 203 Å². The molecule has 0 bridgehead atoms. The van der Waals surface area contributed by atoms with Crippen LogP contribution in [-0.2, 0) is 20.9 Å². The highest BCUT2D eigenvalue weighted by Crippen LogP contribution is 2.45. The van der Waals surface area contributed by atoms with Gasteiger partial charge in [0.05, 0.1) is 36.3 Å². The minimum atomic E-state index is -0.670. The summed E-state index contributed by atoms with van der Waals surface area (Å²) in [6.45, 7) is 6.28. The summed E-state index contributed by atoms with van der Waals surface area (Å²) in [5, 5.41) is 0.366. The summed E-state index contributed by atoms with van der Waals surface area (Å²) < 4.78 is 16.9. The van der Waals surface area contributed by atoms with Gasteiger partial charge in [-0.3, -0.25) is 9.69 Å². The molecule has 4 rings (SSSR count). The number of amidine groups is 1. The van der Waals surface area contributed by atoms with Crippen LogP contribution in [0.15, 0.2) is 64.8 Å². The van der Waals surface area contributed by atoms with Crippen LogP contribution in [0.2, 0.25) is 0 Å². The molecule has 0 saturated carbocycles. The Kier molecular flexibility index (Phi) is 7.26. The van der Waals surface area contributed by atoms with Gasteiger partial charge in [0.25, 0.3) is 0 Å². The second kappa shape index (κ2) is 10.3. The Hall–Kier alpha value is -3.26. The molecule has 0 spiro atoms. The predicted molar refractivity (Wildman–Crippen MR) is 132 cm³/mol. The van der Waals surface area contributed by atoms with Gasteiger partial charge in [-0.2, -0.15) is 0 Å². The molecule has 0 aliphatic carbocycles. The summed E-state index contributed by atoms with van der Waals surface area (Å²) in [5.41, 5.74) is 2.49. The Morgan fingerprint density at radius 1 is 1.12 bits per heavy atom. The summed E-state index contributed by atoms with van der Waals surface area (Å²) in [4.78, 5) is 33.0. The van der Waals surface area contributed by atoms with Crippen molar-refractivity contribution in [1.29, 1.82) is 0 Å². The molecule has 1 amide bonds. The first-order chi connectivity index (χ1) is 16.5. The van der Waals surface area contributed by atoms with Crippen molar-refractivity contribution in [2.24, 2.45) is 4.99 Å². The zero-order valence-corrected chi connectivity index (χ0v) is 20.6. The van der Waals surface area contributed by atoms with E-state index in [4.69, 9.17) is 14.2 Å². The number of benzene rings is 2. The number of hydrogen-bond acceptors (Lipinski definition) is 7. The van der Waals surface area contributed by atoms with Crippen LogP contribution in [0.1, 0.15) is 44.4 Å². The molecule has 1 fully saturated rings. The van der Waals surface area contributed by atoms with E-state index in [-0.39, 0.29) is 17.8 Å².